The van der Waals surface area contributed by atoms with E-state index in [9.17, 15) is 14.0 Å². The number of hydrogen-bond donors (Lipinski definition) is 0. The van der Waals surface area contributed by atoms with Crippen molar-refractivity contribution in [2.75, 3.05) is 0 Å². The number of halogens is 2. The molecule has 0 N–H and O–H groups in total. The summed E-state index contributed by atoms with van der Waals surface area (Å²) in [5.74, 6) is -0.475. The molecule has 35 heavy (non-hydrogen) atoms. The van der Waals surface area contributed by atoms with Crippen LogP contribution in [0.1, 0.15) is 31.8 Å². The summed E-state index contributed by atoms with van der Waals surface area (Å²) >= 11 is 3.34. The van der Waals surface area contributed by atoms with Gasteiger partial charge in [-0.05, 0) is 96.1 Å². The predicted octanol–water partition coefficient (Wildman–Crippen LogP) is 7.45. The van der Waals surface area contributed by atoms with Crippen molar-refractivity contribution in [1.82, 2.24) is 0 Å². The lowest BCUT2D eigenvalue weighted by molar-refractivity contribution is 0.0734. The minimum absolute atomic E-state index is 0.155. The highest BCUT2D eigenvalue weighted by Gasteiger charge is 2.08. The van der Waals surface area contributed by atoms with Crippen molar-refractivity contribution >= 4 is 45.7 Å². The topological polar surface area (TPSA) is 55.7 Å². The molecule has 0 radical (unpaired) electrons. The Morgan fingerprint density at radius 3 is 2.17 bits per heavy atom. The van der Waals surface area contributed by atoms with Gasteiger partial charge in [0.15, 0.2) is 5.78 Å². The fourth-order valence-electron chi connectivity index (χ4n) is 3.11. The van der Waals surface area contributed by atoms with Gasteiger partial charge in [-0.15, -0.1) is 0 Å². The number of nitrogens with zero attached hydrogens (tertiary/aromatic N) is 1. The predicted molar refractivity (Wildman–Crippen MR) is 139 cm³/mol. The average molecular weight is 528 g/mol. The van der Waals surface area contributed by atoms with Crippen molar-refractivity contribution in [3.63, 3.8) is 0 Å². The molecule has 0 bridgehead atoms. The van der Waals surface area contributed by atoms with Crippen molar-refractivity contribution in [2.24, 2.45) is 4.99 Å². The number of ether oxygens (including phenoxy) is 1. The van der Waals surface area contributed by atoms with Crippen LogP contribution in [0.3, 0.4) is 0 Å². The number of rotatable bonds is 7. The number of hydrogen-bond acceptors (Lipinski definition) is 4. The number of allylic oxidation sites excluding steroid dienone is 1. The largest absolute Gasteiger partial charge is 0.423 e. The van der Waals surface area contributed by atoms with Gasteiger partial charge in [0.2, 0.25) is 0 Å². The first-order valence-corrected chi connectivity index (χ1v) is 11.5. The monoisotopic (exact) mass is 527 g/mol. The number of carbonyl (C=O) groups is 2. The van der Waals surface area contributed by atoms with Crippen LogP contribution in [0.15, 0.2) is 113 Å². The Morgan fingerprint density at radius 1 is 0.800 bits per heavy atom. The zero-order chi connectivity index (χ0) is 24.6. The summed E-state index contributed by atoms with van der Waals surface area (Å²) in [7, 11) is 0. The van der Waals surface area contributed by atoms with E-state index in [1.807, 2.05) is 6.07 Å². The fraction of sp³-hybridized carbons (Fsp3) is 0. The molecular weight excluding hydrogens is 509 g/mol. The molecule has 6 heteroatoms. The Kier molecular flexibility index (Phi) is 7.75. The molecule has 0 heterocycles. The van der Waals surface area contributed by atoms with Crippen LogP contribution in [0, 0.1) is 5.82 Å². The molecule has 0 saturated heterocycles. The summed E-state index contributed by atoms with van der Waals surface area (Å²) in [5.41, 5.74) is 3.25. The first kappa shape index (κ1) is 24.0. The summed E-state index contributed by atoms with van der Waals surface area (Å²) in [5, 5.41) is 0. The van der Waals surface area contributed by atoms with Crippen LogP contribution in [0.2, 0.25) is 0 Å². The standard InChI is InChI=1S/C29H19BrFNO3/c30-24-3-1-2-23(18-24)29(34)35-27-15-6-21(7-16-27)19-32-26-13-9-22(10-14-26)28(33)17-8-20-4-11-25(31)12-5-20/h1-19H. The van der Waals surface area contributed by atoms with Gasteiger partial charge in [-0.25, -0.2) is 9.18 Å². The fourth-order valence-corrected chi connectivity index (χ4v) is 3.51. The maximum absolute atomic E-state index is 13.0. The molecule has 0 spiro atoms. The van der Waals surface area contributed by atoms with E-state index in [0.29, 0.717) is 22.6 Å². The highest BCUT2D eigenvalue weighted by molar-refractivity contribution is 9.10. The summed E-state index contributed by atoms with van der Waals surface area (Å²) in [6.07, 6.45) is 4.79. The van der Waals surface area contributed by atoms with Crippen molar-refractivity contribution in [2.45, 2.75) is 0 Å². The maximum Gasteiger partial charge on any atom is 0.343 e. The van der Waals surface area contributed by atoms with Crippen LogP contribution in [0.4, 0.5) is 10.1 Å². The first-order chi connectivity index (χ1) is 17.0. The van der Waals surface area contributed by atoms with Gasteiger partial charge < -0.3 is 4.74 Å². The smallest absolute Gasteiger partial charge is 0.343 e. The van der Waals surface area contributed by atoms with Crippen LogP contribution in [0.25, 0.3) is 6.08 Å². The van der Waals surface area contributed by atoms with Gasteiger partial charge in [0, 0.05) is 16.3 Å². The molecule has 4 rings (SSSR count). The lowest BCUT2D eigenvalue weighted by Crippen LogP contribution is -2.08. The molecule has 0 aliphatic rings. The van der Waals surface area contributed by atoms with Crippen molar-refractivity contribution < 1.29 is 18.7 Å². The zero-order valence-corrected chi connectivity index (χ0v) is 20.0. The molecule has 0 aromatic heterocycles. The van der Waals surface area contributed by atoms with Gasteiger partial charge in [0.05, 0.1) is 11.3 Å². The number of aliphatic imine (C=N–C) groups is 1. The molecule has 4 nitrogen and oxygen atoms in total. The van der Waals surface area contributed by atoms with Gasteiger partial charge in [0.1, 0.15) is 11.6 Å². The Bertz CT molecular complexity index is 1390. The number of ketones is 1. The number of esters is 1. The molecule has 0 saturated carbocycles. The molecule has 0 fully saturated rings. The highest BCUT2D eigenvalue weighted by Crippen LogP contribution is 2.18. The van der Waals surface area contributed by atoms with E-state index in [1.165, 1.54) is 18.2 Å². The molecule has 172 valence electrons. The second-order valence-electron chi connectivity index (χ2n) is 7.52. The molecule has 0 amide bonds. The van der Waals surface area contributed by atoms with Gasteiger partial charge >= 0.3 is 5.97 Å². The molecular formula is C29H19BrFNO3. The molecule has 0 atom stereocenters. The second kappa shape index (κ2) is 11.3. The van der Waals surface area contributed by atoms with Crippen molar-refractivity contribution in [1.29, 1.82) is 0 Å². The van der Waals surface area contributed by atoms with Crippen molar-refractivity contribution in [3.8, 4) is 5.75 Å². The van der Waals surface area contributed by atoms with Crippen LogP contribution < -0.4 is 4.74 Å². The number of benzene rings is 4. The van der Waals surface area contributed by atoms with E-state index in [2.05, 4.69) is 20.9 Å². The Morgan fingerprint density at radius 2 is 1.49 bits per heavy atom. The normalized spacial score (nSPS) is 11.1. The minimum atomic E-state index is -0.435. The maximum atomic E-state index is 13.0. The van der Waals surface area contributed by atoms with Crippen LogP contribution in [0.5, 0.6) is 5.75 Å². The third-order valence-electron chi connectivity index (χ3n) is 4.96. The summed E-state index contributed by atoms with van der Waals surface area (Å²) in [4.78, 5) is 29.0. The molecule has 0 aliphatic carbocycles. The van der Waals surface area contributed by atoms with Crippen molar-refractivity contribution in [3.05, 3.63) is 136 Å². The summed E-state index contributed by atoms with van der Waals surface area (Å²) < 4.78 is 19.2. The highest BCUT2D eigenvalue weighted by atomic mass is 79.9. The van der Waals surface area contributed by atoms with Gasteiger partial charge in [-0.3, -0.25) is 9.79 Å². The minimum Gasteiger partial charge on any atom is -0.423 e. The molecule has 4 aromatic rings. The SMILES string of the molecule is O=C(C=Cc1ccc(F)cc1)c1ccc(N=Cc2ccc(OC(=O)c3cccc(Br)c3)cc2)cc1. The molecule has 0 unspecified atom stereocenters. The van der Waals surface area contributed by atoms with E-state index in [0.717, 1.165) is 15.6 Å². The second-order valence-corrected chi connectivity index (χ2v) is 8.44. The molecule has 4 aromatic carbocycles. The molecule has 0 aliphatic heterocycles. The summed E-state index contributed by atoms with van der Waals surface area (Å²) in [6, 6.07) is 26.8. The summed E-state index contributed by atoms with van der Waals surface area (Å²) in [6.45, 7) is 0. The van der Waals surface area contributed by atoms with E-state index in [-0.39, 0.29) is 11.6 Å². The lowest BCUT2D eigenvalue weighted by atomic mass is 10.1. The lowest BCUT2D eigenvalue weighted by Gasteiger charge is -2.05. The van der Waals surface area contributed by atoms with Gasteiger partial charge in [0.25, 0.3) is 0 Å². The third-order valence-corrected chi connectivity index (χ3v) is 5.46. The van der Waals surface area contributed by atoms with E-state index >= 15 is 0 Å². The Balaban J connectivity index is 1.34. The van der Waals surface area contributed by atoms with Crippen LogP contribution in [-0.4, -0.2) is 18.0 Å². The third kappa shape index (κ3) is 6.91. The van der Waals surface area contributed by atoms with Crippen LogP contribution >= 0.6 is 15.9 Å². The quantitative estimate of drug-likeness (QED) is 0.0823. The van der Waals surface area contributed by atoms with E-state index in [4.69, 9.17) is 4.74 Å². The Hall–Kier alpha value is -4.16. The zero-order valence-electron chi connectivity index (χ0n) is 18.4. The van der Waals surface area contributed by atoms with Gasteiger partial charge in [-0.2, -0.15) is 0 Å². The average Bonchev–Trinajstić information content (AvgIpc) is 2.88. The van der Waals surface area contributed by atoms with Crippen LogP contribution in [-0.2, 0) is 0 Å². The Labute approximate surface area is 210 Å². The van der Waals surface area contributed by atoms with E-state index < -0.39 is 5.97 Å². The number of carbonyl (C=O) groups excluding carboxylic acids is 2. The van der Waals surface area contributed by atoms with E-state index in [1.54, 1.807) is 91.2 Å². The first-order valence-electron chi connectivity index (χ1n) is 10.7. The van der Waals surface area contributed by atoms with Gasteiger partial charge in [-0.1, -0.05) is 40.2 Å².